The van der Waals surface area contributed by atoms with E-state index >= 15 is 0 Å². The topological polar surface area (TPSA) is 35.9 Å². The summed E-state index contributed by atoms with van der Waals surface area (Å²) >= 11 is 0. The molecule has 0 aliphatic carbocycles. The van der Waals surface area contributed by atoms with Crippen molar-refractivity contribution < 1.29 is 16.2 Å². The summed E-state index contributed by atoms with van der Waals surface area (Å²) in [6.07, 6.45) is 5.95. The van der Waals surface area contributed by atoms with E-state index in [1.54, 1.807) is 0 Å². The summed E-state index contributed by atoms with van der Waals surface area (Å²) < 4.78 is 61.4. The van der Waals surface area contributed by atoms with Gasteiger partial charge in [0.05, 0.1) is 40.3 Å². The van der Waals surface area contributed by atoms with Crippen LogP contribution in [0.4, 0.5) is 0 Å². The lowest BCUT2D eigenvalue weighted by Gasteiger charge is -2.36. The second kappa shape index (κ2) is 19.3. The molecule has 0 fully saturated rings. The van der Waals surface area contributed by atoms with E-state index in [0.717, 1.165) is 98.5 Å². The largest absolute Gasteiger partial charge is 0.458 e. The summed E-state index contributed by atoms with van der Waals surface area (Å²) in [6.45, 7) is 11.5. The monoisotopic (exact) mass is 1130 g/mol. The molecule has 0 radical (unpaired) electrons. The van der Waals surface area contributed by atoms with Crippen molar-refractivity contribution in [3.8, 4) is 73.2 Å². The van der Waals surface area contributed by atoms with Crippen LogP contribution in [0.3, 0.4) is 0 Å². The molecule has 0 bridgehead atoms. The highest BCUT2D eigenvalue weighted by Crippen LogP contribution is 2.46. The van der Waals surface area contributed by atoms with Gasteiger partial charge in [-0.15, -0.1) is 0 Å². The van der Waals surface area contributed by atoms with Crippen LogP contribution in [0.25, 0.3) is 94.5 Å². The molecule has 0 saturated heterocycles. The Morgan fingerprint density at radius 2 is 1.06 bits per heavy atom. The Kier molecular flexibility index (Phi) is 10.4. The van der Waals surface area contributed by atoms with E-state index in [0.29, 0.717) is 22.7 Å². The van der Waals surface area contributed by atoms with Crippen LogP contribution in [-0.4, -0.2) is 30.3 Å². The quantitative estimate of drug-likeness (QED) is 0.0658. The van der Waals surface area contributed by atoms with Gasteiger partial charge in [0.1, 0.15) is 25.4 Å². The molecule has 406 valence electrons. The number of fused-ring (bicyclic) bond motifs is 12. The Labute approximate surface area is 505 Å². The summed E-state index contributed by atoms with van der Waals surface area (Å²) in [7, 11) is -6.01. The van der Waals surface area contributed by atoms with E-state index in [9.17, 15) is 5.48 Å². The molecule has 5 heterocycles. The molecule has 7 heteroatoms. The highest BCUT2D eigenvalue weighted by atomic mass is 28.3. The van der Waals surface area contributed by atoms with Crippen LogP contribution in [0.5, 0.6) is 11.5 Å². The number of rotatable bonds is 8. The number of hydrogen-bond acceptors (Lipinski definition) is 2. The number of benzene rings is 11. The summed E-state index contributed by atoms with van der Waals surface area (Å²) in [5, 5.41) is 9.05. The van der Waals surface area contributed by atoms with Gasteiger partial charge in [0.2, 0.25) is 0 Å². The summed E-state index contributed by atoms with van der Waals surface area (Å²) in [4.78, 5) is 4.95. The lowest BCUT2D eigenvalue weighted by Crippen LogP contribution is -2.74. The van der Waals surface area contributed by atoms with E-state index in [-0.39, 0.29) is 23.1 Å². The first-order chi connectivity index (χ1) is 43.6. The third kappa shape index (κ3) is 7.80. The molecule has 0 unspecified atom stereocenters. The van der Waals surface area contributed by atoms with Crippen LogP contribution >= 0.6 is 0 Å². The maximum atomic E-state index is 10.0. The molecule has 2 aliphatic heterocycles. The Balaban J connectivity index is 1.00. The smallest absolute Gasteiger partial charge is 0.269 e. The Hall–Kier alpha value is -9.93. The average molecular weight is 1130 g/mol. The number of hydrogen-bond donors (Lipinski definition) is 0. The van der Waals surface area contributed by atoms with Gasteiger partial charge in [-0.2, -0.15) is 0 Å². The zero-order chi connectivity index (χ0) is 61.5. The molecule has 3 aromatic heterocycles. The number of imidazole rings is 1. The van der Waals surface area contributed by atoms with Crippen LogP contribution in [0.15, 0.2) is 273 Å². The molecule has 2 aliphatic rings. The lowest BCUT2D eigenvalue weighted by atomic mass is 9.88. The van der Waals surface area contributed by atoms with Gasteiger partial charge < -0.3 is 4.74 Å². The molecule has 85 heavy (non-hydrogen) atoms. The number of ether oxygens (including phenoxy) is 1. The minimum atomic E-state index is -3.42. The normalized spacial score (nSPS) is 13.9. The molecule has 0 spiro atoms. The lowest BCUT2D eigenvalue weighted by molar-refractivity contribution is -0.570. The second-order valence-electron chi connectivity index (χ2n) is 24.1. The predicted octanol–water partition coefficient (Wildman–Crippen LogP) is 14.8. The summed E-state index contributed by atoms with van der Waals surface area (Å²) in [6, 6.07) is 82.2. The number of pyridine rings is 1. The molecule has 0 atom stereocenters. The van der Waals surface area contributed by atoms with E-state index < -0.39 is 34.3 Å². The molecule has 0 saturated carbocycles. The maximum Gasteiger partial charge on any atom is 0.269 e. The first-order valence-corrected chi connectivity index (χ1v) is 34.1. The molecule has 0 amide bonds. The van der Waals surface area contributed by atoms with Gasteiger partial charge in [-0.05, 0) is 129 Å². The van der Waals surface area contributed by atoms with Crippen molar-refractivity contribution in [1.82, 2.24) is 14.1 Å². The van der Waals surface area contributed by atoms with Gasteiger partial charge in [-0.25, -0.2) is 4.98 Å². The fraction of sp³-hybridized carbons (Fsp3) is 0.0769. The Morgan fingerprint density at radius 3 is 1.72 bits per heavy atom. The van der Waals surface area contributed by atoms with Crippen LogP contribution in [0, 0.1) is 6.33 Å². The van der Waals surface area contributed by atoms with E-state index in [2.05, 4.69) is 290 Å². The third-order valence-corrected chi connectivity index (χ3v) is 26.2. The minimum absolute atomic E-state index is 0.0777. The Morgan fingerprint density at radius 1 is 0.506 bits per heavy atom. The zero-order valence-electron chi connectivity index (χ0n) is 52.8. The van der Waals surface area contributed by atoms with E-state index in [4.69, 9.17) is 11.1 Å². The van der Waals surface area contributed by atoms with Crippen molar-refractivity contribution in [3.05, 3.63) is 285 Å². The van der Waals surface area contributed by atoms with Gasteiger partial charge in [-0.1, -0.05) is 252 Å². The van der Waals surface area contributed by atoms with Crippen molar-refractivity contribution >= 4 is 80.1 Å². The molecule has 14 aromatic rings. The summed E-state index contributed by atoms with van der Waals surface area (Å²) in [5.41, 5.74) is 13.1. The fourth-order valence-corrected chi connectivity index (χ4v) is 21.7. The van der Waals surface area contributed by atoms with Crippen LogP contribution in [0.2, 0.25) is 13.1 Å². The molecule has 16 rings (SSSR count). The van der Waals surface area contributed by atoms with Crippen molar-refractivity contribution in [2.24, 2.45) is 0 Å². The number of para-hydroxylation sites is 1. The van der Waals surface area contributed by atoms with Crippen molar-refractivity contribution in [2.45, 2.75) is 39.3 Å². The number of nitrogens with zero attached hydrogens (tertiary/aromatic N) is 4. The minimum Gasteiger partial charge on any atom is -0.458 e. The zero-order valence-corrected chi connectivity index (χ0v) is 49.8. The SMILES string of the molecule is [2H]c1c([2H])c([2H])c(-c2cc([Si](c3ccccc3)(c3ccccc3)c3ccccc3)cc3c2-[n+]2[c-]n4c5c(ccc(c52)-c2ccccc2-c2ccccc2-3)[Si](C)(C)c2ccc(Oc3ccc5c6ccccc6n(-c6cc(C(C)(C)C)ccn6)c5c3)cc2-4)c([2H])c1[2H]. The first-order valence-electron chi connectivity index (χ1n) is 31.6. The molecule has 11 aromatic carbocycles. The Bertz CT molecular complexity index is 5180. The molecule has 0 N–H and O–H groups in total. The average Bonchev–Trinajstić information content (AvgIpc) is 1.44. The van der Waals surface area contributed by atoms with Gasteiger partial charge in [0.25, 0.3) is 6.33 Å². The maximum absolute atomic E-state index is 10.0. The van der Waals surface area contributed by atoms with Crippen molar-refractivity contribution in [1.29, 1.82) is 0 Å². The highest BCUT2D eigenvalue weighted by molar-refractivity contribution is 7.20. The highest BCUT2D eigenvalue weighted by Gasteiger charge is 2.44. The fourth-order valence-electron chi connectivity index (χ4n) is 14.0. The van der Waals surface area contributed by atoms with Crippen LogP contribution in [-0.2, 0) is 5.41 Å². The first kappa shape index (κ1) is 45.6. The standard InChI is InChI=1S/C78H60N4OSi2/c1-78(2,3)53-44-45-79-74(46-53)82-69-37-23-22-36-64(69)65-40-38-54(47-70(65)82)83-55-39-42-72-71(48-55)80-51-81-75-67(52-24-10-6-11-25-52)49-59(85(56-26-12-7-13-27-56,57-28-14-8-15-29-57)58-30-16-9-17-31-58)50-68(75)63-35-21-19-33-61(63)60-32-18-20-34-62(60)66-41-43-73(84(72,4)5)77(80)76(66)81/h6-50H,1-5H3/i6D,10D,11D,24D,25D. The van der Waals surface area contributed by atoms with Crippen molar-refractivity contribution in [3.63, 3.8) is 0 Å². The van der Waals surface area contributed by atoms with Crippen molar-refractivity contribution in [2.75, 3.05) is 0 Å². The van der Waals surface area contributed by atoms with E-state index in [1.807, 2.05) is 6.20 Å². The predicted molar refractivity (Wildman–Crippen MR) is 357 cm³/mol. The summed E-state index contributed by atoms with van der Waals surface area (Å²) in [5.74, 6) is 2.18. The second-order valence-corrected chi connectivity index (χ2v) is 32.2. The van der Waals surface area contributed by atoms with Crippen LogP contribution in [0.1, 0.15) is 33.2 Å². The number of aromatic nitrogens is 4. The van der Waals surface area contributed by atoms with Gasteiger partial charge in [-0.3, -0.25) is 13.7 Å². The van der Waals surface area contributed by atoms with Gasteiger partial charge >= 0.3 is 0 Å². The molecular weight excluding hydrogens is 1070 g/mol. The molecule has 5 nitrogen and oxygen atoms in total. The third-order valence-electron chi connectivity index (χ3n) is 18.0. The van der Waals surface area contributed by atoms with E-state index in [1.165, 1.54) is 15.9 Å². The van der Waals surface area contributed by atoms with Crippen LogP contribution < -0.4 is 40.4 Å². The van der Waals surface area contributed by atoms with Gasteiger partial charge in [0.15, 0.2) is 8.07 Å². The molecular formula is C78H60N4OSi2. The van der Waals surface area contributed by atoms with Gasteiger partial charge in [0, 0.05) is 23.0 Å².